The van der Waals surface area contributed by atoms with Gasteiger partial charge in [-0.3, -0.25) is 4.79 Å². The van der Waals surface area contributed by atoms with Crippen molar-refractivity contribution in [2.24, 2.45) is 28.8 Å². The van der Waals surface area contributed by atoms with E-state index in [0.29, 0.717) is 30.4 Å². The fraction of sp³-hybridized carbons (Fsp3) is 0.778. The molecule has 0 amide bonds. The van der Waals surface area contributed by atoms with Crippen LogP contribution in [0.3, 0.4) is 0 Å². The van der Waals surface area contributed by atoms with E-state index < -0.39 is 135 Å². The van der Waals surface area contributed by atoms with Crippen molar-refractivity contribution in [3.63, 3.8) is 0 Å². The number of allylic oxidation sites excluding steroid dienone is 2. The molecule has 23 atom stereocenters. The minimum atomic E-state index is -1.88. The summed E-state index contributed by atoms with van der Waals surface area (Å²) in [7, 11) is 3.08. The van der Waals surface area contributed by atoms with Crippen molar-refractivity contribution in [2.45, 2.75) is 209 Å². The number of hydrogen-bond acceptors (Lipinski definition) is 20. The fourth-order valence-corrected chi connectivity index (χ4v) is 11.5. The number of methoxy groups -OCH3 is 2. The van der Waals surface area contributed by atoms with Crippen molar-refractivity contribution in [3.05, 3.63) is 59.3 Å². The molecule has 4 saturated heterocycles. The maximum absolute atomic E-state index is 14.4. The molecule has 1 aliphatic carbocycles. The molecular formula is C54H83NO19. The zero-order valence-electron chi connectivity index (χ0n) is 44.5. The van der Waals surface area contributed by atoms with E-state index in [9.17, 15) is 40.5 Å². The summed E-state index contributed by atoms with van der Waals surface area (Å²) in [5.74, 6) is -2.81. The zero-order chi connectivity index (χ0) is 53.8. The Hall–Kier alpha value is -3.00. The SMILES string of the molecule is CCC(C)[C@H]1O[C@]2(C=C[C@@H]1C)C[C@@H]1C[C@@H](C/C=C(\C)[C@@H](O[C@H]3C[C@H](OC)[C@@H](O[C@H]4C[C@H](OC)[C@@H](O/N=C(\CO)C(O)C(O)C(O)CO)[C@H](C)O4)[C@H](C)O3)[C@@H](C)/C=C/C=C3\CO[C@@H]4[C@H](O)C(C)=C[C@@H](C(=O)O1)[C@]34O)O2. The third-order valence-electron chi connectivity index (χ3n) is 16.2. The van der Waals surface area contributed by atoms with E-state index in [-0.39, 0.29) is 49.0 Å². The molecule has 7 aliphatic rings. The lowest BCUT2D eigenvalue weighted by atomic mass is 9.71. The second kappa shape index (κ2) is 25.2. The first-order chi connectivity index (χ1) is 35.2. The molecule has 4 unspecified atom stereocenters. The topological polar surface area (TPSA) is 273 Å². The molecule has 418 valence electrons. The molecule has 6 aliphatic heterocycles. The van der Waals surface area contributed by atoms with Crippen LogP contribution < -0.4 is 0 Å². The van der Waals surface area contributed by atoms with E-state index in [1.807, 2.05) is 39.0 Å². The quantitative estimate of drug-likeness (QED) is 0.0538. The van der Waals surface area contributed by atoms with Gasteiger partial charge in [0.05, 0.1) is 56.4 Å². The van der Waals surface area contributed by atoms with E-state index in [0.717, 1.165) is 12.0 Å². The highest BCUT2D eigenvalue weighted by Gasteiger charge is 2.60. The average Bonchev–Trinajstić information content (AvgIpc) is 3.72. The van der Waals surface area contributed by atoms with Crippen molar-refractivity contribution < 1.29 is 92.7 Å². The minimum Gasteiger partial charge on any atom is -0.462 e. The van der Waals surface area contributed by atoms with E-state index in [2.05, 4.69) is 38.1 Å². The third-order valence-corrected chi connectivity index (χ3v) is 16.2. The van der Waals surface area contributed by atoms with Crippen LogP contribution in [0.5, 0.6) is 0 Å². The molecule has 1 spiro atoms. The van der Waals surface area contributed by atoms with Crippen molar-refractivity contribution in [2.75, 3.05) is 34.0 Å². The summed E-state index contributed by atoms with van der Waals surface area (Å²) in [5, 5.41) is 77.1. The molecule has 74 heavy (non-hydrogen) atoms. The lowest BCUT2D eigenvalue weighted by Gasteiger charge is -2.48. The van der Waals surface area contributed by atoms with Crippen LogP contribution in [-0.2, 0) is 57.0 Å². The van der Waals surface area contributed by atoms with Crippen molar-refractivity contribution in [1.29, 1.82) is 0 Å². The Balaban J connectivity index is 1.11. The first-order valence-electron chi connectivity index (χ1n) is 26.4. The van der Waals surface area contributed by atoms with Crippen LogP contribution in [0.1, 0.15) is 93.9 Å². The van der Waals surface area contributed by atoms with Crippen LogP contribution in [0.15, 0.2) is 64.4 Å². The van der Waals surface area contributed by atoms with Gasteiger partial charge in [-0.1, -0.05) is 75.7 Å². The predicted octanol–water partition coefficient (Wildman–Crippen LogP) is 2.83. The molecule has 20 heteroatoms. The van der Waals surface area contributed by atoms with Crippen LogP contribution in [-0.4, -0.2) is 197 Å². The van der Waals surface area contributed by atoms with E-state index in [4.69, 9.17) is 52.2 Å². The van der Waals surface area contributed by atoms with Crippen molar-refractivity contribution >= 4 is 11.7 Å². The number of hydrogen-bond donors (Lipinski definition) is 7. The number of fused-ring (bicyclic) bond motifs is 2. The molecule has 6 heterocycles. The Bertz CT molecular complexity index is 2080. The lowest BCUT2D eigenvalue weighted by molar-refractivity contribution is -0.321. The molecule has 0 radical (unpaired) electrons. The number of aliphatic hydroxyl groups excluding tert-OH is 6. The van der Waals surface area contributed by atoms with Gasteiger partial charge in [0.15, 0.2) is 24.5 Å². The molecular weight excluding hydrogens is 967 g/mol. The Kier molecular flexibility index (Phi) is 20.0. The summed E-state index contributed by atoms with van der Waals surface area (Å²) in [6.07, 6.45) is 1.14. The second-order valence-electron chi connectivity index (χ2n) is 21.5. The molecule has 4 fully saturated rings. The van der Waals surface area contributed by atoms with Gasteiger partial charge in [-0.2, -0.15) is 0 Å². The van der Waals surface area contributed by atoms with Gasteiger partial charge in [-0.05, 0) is 62.8 Å². The number of esters is 1. The number of aliphatic hydroxyl groups is 7. The van der Waals surface area contributed by atoms with Crippen molar-refractivity contribution in [3.8, 4) is 0 Å². The van der Waals surface area contributed by atoms with Crippen LogP contribution >= 0.6 is 0 Å². The number of oxime groups is 1. The van der Waals surface area contributed by atoms with Crippen molar-refractivity contribution in [1.82, 2.24) is 0 Å². The molecule has 2 bridgehead atoms. The van der Waals surface area contributed by atoms with Gasteiger partial charge in [0, 0.05) is 51.7 Å². The Morgan fingerprint density at radius 2 is 1.57 bits per heavy atom. The van der Waals surface area contributed by atoms with Gasteiger partial charge in [0.2, 0.25) is 0 Å². The number of ether oxygens (including phenoxy) is 10. The summed E-state index contributed by atoms with van der Waals surface area (Å²) >= 11 is 0. The summed E-state index contributed by atoms with van der Waals surface area (Å²) in [6, 6.07) is 0. The second-order valence-corrected chi connectivity index (χ2v) is 21.5. The number of nitrogens with zero attached hydrogens (tertiary/aromatic N) is 1. The highest BCUT2D eigenvalue weighted by Crippen LogP contribution is 2.47. The van der Waals surface area contributed by atoms with Gasteiger partial charge >= 0.3 is 5.97 Å². The highest BCUT2D eigenvalue weighted by molar-refractivity contribution is 5.89. The largest absolute Gasteiger partial charge is 0.462 e. The first kappa shape index (κ1) is 58.7. The Morgan fingerprint density at radius 1 is 0.892 bits per heavy atom. The molecule has 0 aromatic heterocycles. The monoisotopic (exact) mass is 1050 g/mol. The summed E-state index contributed by atoms with van der Waals surface area (Å²) < 4.78 is 64.4. The van der Waals surface area contributed by atoms with Gasteiger partial charge in [-0.15, -0.1) is 0 Å². The van der Waals surface area contributed by atoms with Gasteiger partial charge in [-0.25, -0.2) is 0 Å². The fourth-order valence-electron chi connectivity index (χ4n) is 11.5. The molecule has 0 saturated carbocycles. The smallest absolute Gasteiger partial charge is 0.316 e. The summed E-state index contributed by atoms with van der Waals surface area (Å²) in [5.41, 5.74) is -0.399. The number of carbonyl (C=O) groups excluding carboxylic acids is 1. The maximum Gasteiger partial charge on any atom is 0.316 e. The minimum absolute atomic E-state index is 0.00624. The lowest BCUT2D eigenvalue weighted by Crippen LogP contribution is -2.58. The van der Waals surface area contributed by atoms with E-state index >= 15 is 0 Å². The molecule has 7 rings (SSSR count). The normalized spacial score (nSPS) is 44.7. The van der Waals surface area contributed by atoms with Gasteiger partial charge in [0.1, 0.15) is 66.1 Å². The highest BCUT2D eigenvalue weighted by atomic mass is 16.7. The van der Waals surface area contributed by atoms with E-state index in [1.54, 1.807) is 33.1 Å². The Labute approximate surface area is 434 Å². The summed E-state index contributed by atoms with van der Waals surface area (Å²) in [4.78, 5) is 20.1. The molecule has 0 aromatic carbocycles. The number of rotatable bonds is 15. The molecule has 0 aromatic rings. The van der Waals surface area contributed by atoms with Crippen LogP contribution in [0, 0.1) is 23.7 Å². The maximum atomic E-state index is 14.4. The van der Waals surface area contributed by atoms with Crippen LogP contribution in [0.4, 0.5) is 0 Å². The van der Waals surface area contributed by atoms with Crippen LogP contribution in [0.2, 0.25) is 0 Å². The van der Waals surface area contributed by atoms with E-state index in [1.165, 1.54) is 7.11 Å². The predicted molar refractivity (Wildman–Crippen MR) is 266 cm³/mol. The standard InChI is InChI=1S/C54H83NO19/c1-11-27(2)48-30(5)17-18-53(73-48)23-36-20-35(72-53)16-15-29(4)47(28(3)13-12-14-34-26-66-51-44(59)31(6)19-37(52(62)69-36)54(34,51)63)70-42-21-40(64-9)49(32(7)67-42)71-43-22-41(65-10)50(33(8)68-43)74-55-38(24-56)45(60)46(61)39(58)25-57/h12-15,17-19,27-28,30,32-33,35-37,39-51,56-61,63H,11,16,20-26H2,1-10H3/b13-12+,29-15+,34-14+,55-38+/t27?,28-,30-,32-,33-,35+,36-,37-,39?,40-,41-,42-,43-,44+,45?,46?,47-,48+,49-,50-,51+,53+,54+/m0/s1. The Morgan fingerprint density at radius 3 is 2.23 bits per heavy atom. The van der Waals surface area contributed by atoms with Gasteiger partial charge < -0.3 is 88.0 Å². The zero-order valence-corrected chi connectivity index (χ0v) is 44.5. The first-order valence-corrected chi connectivity index (χ1v) is 26.4. The average molecular weight is 1050 g/mol. The molecule has 20 nitrogen and oxygen atoms in total. The number of carbonyl (C=O) groups is 1. The van der Waals surface area contributed by atoms with Crippen LogP contribution in [0.25, 0.3) is 0 Å². The summed E-state index contributed by atoms with van der Waals surface area (Å²) in [6.45, 7) is 14.1. The third kappa shape index (κ3) is 12.6. The molecule has 7 N–H and O–H groups in total. The van der Waals surface area contributed by atoms with Gasteiger partial charge in [0.25, 0.3) is 0 Å².